The van der Waals surface area contributed by atoms with E-state index < -0.39 is 5.82 Å². The molecule has 1 aliphatic rings. The van der Waals surface area contributed by atoms with Gasteiger partial charge in [0.1, 0.15) is 11.6 Å². The molecule has 2 N–H and O–H groups in total. The summed E-state index contributed by atoms with van der Waals surface area (Å²) in [7, 11) is 1.76. The summed E-state index contributed by atoms with van der Waals surface area (Å²) in [4.78, 5) is 0. The predicted octanol–water partition coefficient (Wildman–Crippen LogP) is 3.36. The Bertz CT molecular complexity index is 665. The molecule has 1 aromatic heterocycles. The van der Waals surface area contributed by atoms with Gasteiger partial charge in [0.25, 0.3) is 0 Å². The Kier molecular flexibility index (Phi) is 3.87. The molecule has 0 radical (unpaired) electrons. The Morgan fingerprint density at radius 2 is 2.29 bits per heavy atom. The average molecular weight is 310 g/mol. The van der Waals surface area contributed by atoms with Gasteiger partial charge in [0.05, 0.1) is 22.9 Å². The van der Waals surface area contributed by atoms with E-state index in [1.807, 2.05) is 0 Å². The van der Waals surface area contributed by atoms with Gasteiger partial charge in [0, 0.05) is 25.1 Å². The lowest BCUT2D eigenvalue weighted by Gasteiger charge is -2.21. The van der Waals surface area contributed by atoms with E-state index in [4.69, 9.17) is 22.1 Å². The normalized spacial score (nSPS) is 18.9. The van der Waals surface area contributed by atoms with Crippen LogP contribution in [-0.4, -0.2) is 23.0 Å². The number of nitrogens with two attached hydrogens (primary N) is 1. The maximum Gasteiger partial charge on any atom is 0.149 e. The minimum absolute atomic E-state index is 0.0848. The topological polar surface area (TPSA) is 53.1 Å². The molecule has 1 unspecified atom stereocenters. The van der Waals surface area contributed by atoms with Crippen LogP contribution >= 0.6 is 11.6 Å². The Morgan fingerprint density at radius 1 is 1.48 bits per heavy atom. The summed E-state index contributed by atoms with van der Waals surface area (Å²) in [5.41, 5.74) is 7.93. The SMILES string of the molecule is Cn1nc(C2CCCOC2)c(-c2cccc(Cl)c2F)c1N. The van der Waals surface area contributed by atoms with Gasteiger partial charge in [-0.05, 0) is 18.9 Å². The number of benzene rings is 1. The molecule has 2 aromatic rings. The molecule has 0 bridgehead atoms. The second-order valence-electron chi connectivity index (χ2n) is 5.28. The van der Waals surface area contributed by atoms with E-state index in [1.54, 1.807) is 23.9 Å². The van der Waals surface area contributed by atoms with Gasteiger partial charge in [-0.2, -0.15) is 5.10 Å². The van der Waals surface area contributed by atoms with Crippen LogP contribution in [0, 0.1) is 5.82 Å². The van der Waals surface area contributed by atoms with Gasteiger partial charge in [-0.1, -0.05) is 23.7 Å². The average Bonchev–Trinajstić information content (AvgIpc) is 2.79. The zero-order chi connectivity index (χ0) is 15.0. The Morgan fingerprint density at radius 3 is 3.00 bits per heavy atom. The number of halogens is 2. The van der Waals surface area contributed by atoms with Crippen molar-refractivity contribution >= 4 is 17.4 Å². The van der Waals surface area contributed by atoms with Gasteiger partial charge in [0.15, 0.2) is 0 Å². The van der Waals surface area contributed by atoms with Crippen LogP contribution in [0.15, 0.2) is 18.2 Å². The highest BCUT2D eigenvalue weighted by Gasteiger charge is 2.27. The zero-order valence-electron chi connectivity index (χ0n) is 11.8. The molecule has 0 saturated carbocycles. The monoisotopic (exact) mass is 309 g/mol. The van der Waals surface area contributed by atoms with Crippen molar-refractivity contribution in [2.24, 2.45) is 7.05 Å². The summed E-state index contributed by atoms with van der Waals surface area (Å²) in [5.74, 6) is 0.115. The van der Waals surface area contributed by atoms with Crippen molar-refractivity contribution in [2.75, 3.05) is 18.9 Å². The highest BCUT2D eigenvalue weighted by Crippen LogP contribution is 2.39. The van der Waals surface area contributed by atoms with Crippen LogP contribution in [0.3, 0.4) is 0 Å². The van der Waals surface area contributed by atoms with Crippen LogP contribution in [0.25, 0.3) is 11.1 Å². The molecular formula is C15H17ClFN3O. The first-order valence-electron chi connectivity index (χ1n) is 6.94. The van der Waals surface area contributed by atoms with E-state index in [9.17, 15) is 4.39 Å². The lowest BCUT2D eigenvalue weighted by atomic mass is 9.92. The first-order chi connectivity index (χ1) is 10.1. The fraction of sp³-hybridized carbons (Fsp3) is 0.400. The summed E-state index contributed by atoms with van der Waals surface area (Å²) < 4.78 is 21.5. The standard InChI is InChI=1S/C15H17ClFN3O/c1-20-15(18)12(10-5-2-6-11(16)13(10)17)14(19-20)9-4-3-7-21-8-9/h2,5-6,9H,3-4,7-8,18H2,1H3. The summed E-state index contributed by atoms with van der Waals surface area (Å²) in [6.07, 6.45) is 1.93. The molecule has 0 aliphatic carbocycles. The molecule has 4 nitrogen and oxygen atoms in total. The van der Waals surface area contributed by atoms with E-state index in [-0.39, 0.29) is 10.9 Å². The molecule has 1 aliphatic heterocycles. The molecule has 2 heterocycles. The van der Waals surface area contributed by atoms with Gasteiger partial charge in [-0.25, -0.2) is 4.39 Å². The van der Waals surface area contributed by atoms with E-state index in [1.165, 1.54) is 6.07 Å². The number of hydrogen-bond donors (Lipinski definition) is 1. The summed E-state index contributed by atoms with van der Waals surface area (Å²) >= 11 is 5.89. The molecule has 0 amide bonds. The Balaban J connectivity index is 2.14. The van der Waals surface area contributed by atoms with Crippen LogP contribution < -0.4 is 5.73 Å². The van der Waals surface area contributed by atoms with Gasteiger partial charge >= 0.3 is 0 Å². The van der Waals surface area contributed by atoms with Crippen molar-refractivity contribution in [3.63, 3.8) is 0 Å². The molecule has 1 aromatic carbocycles. The van der Waals surface area contributed by atoms with Gasteiger partial charge in [-0.15, -0.1) is 0 Å². The lowest BCUT2D eigenvalue weighted by molar-refractivity contribution is 0.0793. The van der Waals surface area contributed by atoms with E-state index in [0.29, 0.717) is 23.6 Å². The van der Waals surface area contributed by atoms with Crippen molar-refractivity contribution in [3.05, 3.63) is 34.7 Å². The molecule has 21 heavy (non-hydrogen) atoms. The Hall–Kier alpha value is -1.59. The number of nitrogens with zero attached hydrogens (tertiary/aromatic N) is 2. The molecule has 1 atom stereocenters. The highest BCUT2D eigenvalue weighted by atomic mass is 35.5. The lowest BCUT2D eigenvalue weighted by Crippen LogP contribution is -2.16. The van der Waals surface area contributed by atoms with Gasteiger partial charge in [-0.3, -0.25) is 4.68 Å². The van der Waals surface area contributed by atoms with Crippen molar-refractivity contribution < 1.29 is 9.13 Å². The number of aryl methyl sites for hydroxylation is 1. The molecule has 1 saturated heterocycles. The van der Waals surface area contributed by atoms with Crippen molar-refractivity contribution in [1.82, 2.24) is 9.78 Å². The van der Waals surface area contributed by atoms with Crippen LogP contribution in [-0.2, 0) is 11.8 Å². The zero-order valence-corrected chi connectivity index (χ0v) is 12.5. The van der Waals surface area contributed by atoms with Crippen LogP contribution in [0.1, 0.15) is 24.5 Å². The maximum absolute atomic E-state index is 14.4. The van der Waals surface area contributed by atoms with Crippen molar-refractivity contribution in [1.29, 1.82) is 0 Å². The van der Waals surface area contributed by atoms with Crippen LogP contribution in [0.5, 0.6) is 0 Å². The number of rotatable bonds is 2. The summed E-state index contributed by atoms with van der Waals surface area (Å²) in [6, 6.07) is 4.92. The fourth-order valence-corrected chi connectivity index (χ4v) is 2.95. The van der Waals surface area contributed by atoms with Crippen LogP contribution in [0.4, 0.5) is 10.2 Å². The number of anilines is 1. The molecule has 112 valence electrons. The highest BCUT2D eigenvalue weighted by molar-refractivity contribution is 6.31. The quantitative estimate of drug-likeness (QED) is 0.925. The number of aromatic nitrogens is 2. The maximum atomic E-state index is 14.4. The second-order valence-corrected chi connectivity index (χ2v) is 5.69. The molecule has 6 heteroatoms. The van der Waals surface area contributed by atoms with Gasteiger partial charge in [0.2, 0.25) is 0 Å². The summed E-state index contributed by atoms with van der Waals surface area (Å²) in [5, 5.41) is 4.57. The number of ether oxygens (including phenoxy) is 1. The molecule has 0 spiro atoms. The summed E-state index contributed by atoms with van der Waals surface area (Å²) in [6.45, 7) is 1.35. The smallest absolute Gasteiger partial charge is 0.149 e. The van der Waals surface area contributed by atoms with Crippen molar-refractivity contribution in [2.45, 2.75) is 18.8 Å². The van der Waals surface area contributed by atoms with E-state index in [0.717, 1.165) is 25.1 Å². The molecular weight excluding hydrogens is 293 g/mol. The third kappa shape index (κ3) is 2.51. The van der Waals surface area contributed by atoms with E-state index in [2.05, 4.69) is 5.10 Å². The molecule has 3 rings (SSSR count). The largest absolute Gasteiger partial charge is 0.383 e. The third-order valence-corrected chi connectivity index (χ3v) is 4.18. The minimum atomic E-state index is -0.461. The first kappa shape index (κ1) is 14.4. The van der Waals surface area contributed by atoms with Gasteiger partial charge < -0.3 is 10.5 Å². The predicted molar refractivity (Wildman–Crippen MR) is 80.8 cm³/mol. The second kappa shape index (κ2) is 5.66. The number of nitrogen functional groups attached to an aromatic ring is 1. The minimum Gasteiger partial charge on any atom is -0.383 e. The molecule has 1 fully saturated rings. The number of hydrogen-bond acceptors (Lipinski definition) is 3. The fourth-order valence-electron chi connectivity index (χ4n) is 2.77. The van der Waals surface area contributed by atoms with Crippen molar-refractivity contribution in [3.8, 4) is 11.1 Å². The first-order valence-corrected chi connectivity index (χ1v) is 7.32. The Labute approximate surface area is 127 Å². The van der Waals surface area contributed by atoms with Crippen LogP contribution in [0.2, 0.25) is 5.02 Å². The van der Waals surface area contributed by atoms with E-state index >= 15 is 0 Å². The third-order valence-electron chi connectivity index (χ3n) is 3.89.